The molecule has 0 aliphatic carbocycles. The maximum absolute atomic E-state index is 13.2. The fraction of sp³-hybridized carbons (Fsp3) is 0.667. The van der Waals surface area contributed by atoms with Crippen molar-refractivity contribution in [3.8, 4) is 0 Å². The Morgan fingerprint density at radius 2 is 1.88 bits per heavy atom. The lowest BCUT2D eigenvalue weighted by molar-refractivity contribution is -0.118. The van der Waals surface area contributed by atoms with Crippen LogP contribution in [0.5, 0.6) is 0 Å². The standard InChI is InChI=1S/C27H46N4OS2/c1-8-23-27(32)31-26(19(4)5)20(6)15-22-11-9-10-14-33-34-17-25(21(7)30-23)29-16-24(18(2)3)28-13-12-22/h8-9,11,18-19,22,24-26,28-30H,6-7,10,12-17H2,1-5H3,(H,31,32)/b11-9+,23-8-. The average Bonchev–Trinajstić information content (AvgIpc) is 2.79. The smallest absolute Gasteiger partial charge is 0.267 e. The number of carbonyl (C=O) groups is 1. The van der Waals surface area contributed by atoms with Crippen LogP contribution in [0.3, 0.4) is 0 Å². The highest BCUT2D eigenvalue weighted by atomic mass is 33.1. The number of rotatable bonds is 2. The molecule has 4 N–H and O–H groups in total. The van der Waals surface area contributed by atoms with Crippen LogP contribution < -0.4 is 21.3 Å². The zero-order chi connectivity index (χ0) is 25.1. The first kappa shape index (κ1) is 29.1. The first-order chi connectivity index (χ1) is 16.2. The van der Waals surface area contributed by atoms with Gasteiger partial charge in [-0.25, -0.2) is 0 Å². The molecule has 0 radical (unpaired) electrons. The number of nitrogens with one attached hydrogen (secondary N) is 4. The summed E-state index contributed by atoms with van der Waals surface area (Å²) >= 11 is 0. The van der Waals surface area contributed by atoms with Gasteiger partial charge in [0, 0.05) is 29.8 Å². The monoisotopic (exact) mass is 506 g/mol. The second-order valence-electron chi connectivity index (χ2n) is 10.0. The molecule has 1 amide bonds. The van der Waals surface area contributed by atoms with Crippen molar-refractivity contribution in [3.63, 3.8) is 0 Å². The predicted octanol–water partition coefficient (Wildman–Crippen LogP) is 5.01. The van der Waals surface area contributed by atoms with Gasteiger partial charge in [-0.2, -0.15) is 0 Å². The van der Waals surface area contributed by atoms with E-state index in [2.05, 4.69) is 74.3 Å². The number of fused-ring (bicyclic) bond motifs is 7. The lowest BCUT2D eigenvalue weighted by Gasteiger charge is -2.31. The quantitative estimate of drug-likeness (QED) is 0.240. The van der Waals surface area contributed by atoms with Gasteiger partial charge in [-0.15, -0.1) is 0 Å². The summed E-state index contributed by atoms with van der Waals surface area (Å²) in [5.41, 5.74) is 2.46. The molecule has 34 heavy (non-hydrogen) atoms. The van der Waals surface area contributed by atoms with Gasteiger partial charge < -0.3 is 21.3 Å². The molecule has 0 aromatic rings. The molecule has 2 heterocycles. The van der Waals surface area contributed by atoms with Gasteiger partial charge in [0.25, 0.3) is 5.91 Å². The van der Waals surface area contributed by atoms with Crippen molar-refractivity contribution in [2.75, 3.05) is 24.6 Å². The Balaban J connectivity index is 2.43. The average molecular weight is 507 g/mol. The van der Waals surface area contributed by atoms with Crippen molar-refractivity contribution in [2.45, 2.75) is 72.0 Å². The number of carbonyl (C=O) groups excluding carboxylic acids is 1. The summed E-state index contributed by atoms with van der Waals surface area (Å²) in [7, 11) is 3.77. The zero-order valence-corrected chi connectivity index (χ0v) is 23.4. The maximum Gasteiger partial charge on any atom is 0.267 e. The molecule has 2 rings (SSSR count). The van der Waals surface area contributed by atoms with Crippen LogP contribution in [-0.2, 0) is 4.79 Å². The second kappa shape index (κ2) is 15.1. The van der Waals surface area contributed by atoms with Gasteiger partial charge in [0.05, 0.1) is 17.8 Å². The van der Waals surface area contributed by atoms with Crippen LogP contribution in [0.2, 0.25) is 0 Å². The minimum atomic E-state index is -0.102. The first-order valence-corrected chi connectivity index (χ1v) is 15.2. The first-order valence-electron chi connectivity index (χ1n) is 12.7. The lowest BCUT2D eigenvalue weighted by atomic mass is 9.87. The molecule has 2 bridgehead atoms. The van der Waals surface area contributed by atoms with Gasteiger partial charge in [0.1, 0.15) is 0 Å². The van der Waals surface area contributed by atoms with Crippen molar-refractivity contribution in [3.05, 3.63) is 48.4 Å². The predicted molar refractivity (Wildman–Crippen MR) is 152 cm³/mol. The molecule has 192 valence electrons. The number of amides is 1. The van der Waals surface area contributed by atoms with Crippen LogP contribution in [0.15, 0.2) is 48.4 Å². The van der Waals surface area contributed by atoms with Crippen molar-refractivity contribution < 1.29 is 4.79 Å². The summed E-state index contributed by atoms with van der Waals surface area (Å²) in [6.45, 7) is 21.3. The normalized spacial score (nSPS) is 31.3. The maximum atomic E-state index is 13.2. The summed E-state index contributed by atoms with van der Waals surface area (Å²) in [6, 6.07) is 0.348. The summed E-state index contributed by atoms with van der Waals surface area (Å²) in [5, 5.41) is 14.1. The summed E-state index contributed by atoms with van der Waals surface area (Å²) in [5.74, 6) is 3.04. The molecule has 0 saturated carbocycles. The van der Waals surface area contributed by atoms with Gasteiger partial charge in [-0.05, 0) is 50.5 Å². The minimum Gasteiger partial charge on any atom is -0.354 e. The second-order valence-corrected chi connectivity index (χ2v) is 12.7. The van der Waals surface area contributed by atoms with Crippen molar-refractivity contribution in [2.24, 2.45) is 17.8 Å². The molecule has 5 nitrogen and oxygen atoms in total. The minimum absolute atomic E-state index is 0.0560. The fourth-order valence-electron chi connectivity index (χ4n) is 4.34. The summed E-state index contributed by atoms with van der Waals surface area (Å²) in [4.78, 5) is 13.2. The van der Waals surface area contributed by atoms with Gasteiger partial charge in [0.15, 0.2) is 0 Å². The van der Waals surface area contributed by atoms with Gasteiger partial charge in [-0.3, -0.25) is 4.79 Å². The van der Waals surface area contributed by atoms with Crippen LogP contribution in [0.25, 0.3) is 0 Å². The third kappa shape index (κ3) is 9.48. The molecule has 1 fully saturated rings. The van der Waals surface area contributed by atoms with E-state index in [-0.39, 0.29) is 23.9 Å². The molecule has 2 aliphatic rings. The molecule has 1 saturated heterocycles. The topological polar surface area (TPSA) is 65.2 Å². The molecular formula is C27H46N4OS2. The van der Waals surface area contributed by atoms with E-state index in [0.717, 1.165) is 55.1 Å². The fourth-order valence-corrected chi connectivity index (χ4v) is 6.58. The zero-order valence-electron chi connectivity index (χ0n) is 21.8. The Morgan fingerprint density at radius 1 is 1.12 bits per heavy atom. The number of hydrogen-bond acceptors (Lipinski definition) is 6. The molecule has 0 aromatic heterocycles. The highest BCUT2D eigenvalue weighted by Crippen LogP contribution is 2.26. The summed E-state index contributed by atoms with van der Waals surface area (Å²) in [6.07, 6.45) is 9.54. The Morgan fingerprint density at radius 3 is 2.56 bits per heavy atom. The third-order valence-electron chi connectivity index (χ3n) is 6.57. The van der Waals surface area contributed by atoms with Crippen molar-refractivity contribution in [1.29, 1.82) is 0 Å². The van der Waals surface area contributed by atoms with Crippen LogP contribution in [0.4, 0.5) is 0 Å². The van der Waals surface area contributed by atoms with Crippen LogP contribution in [0.1, 0.15) is 53.9 Å². The van der Waals surface area contributed by atoms with E-state index in [1.54, 1.807) is 0 Å². The molecule has 2 aliphatic heterocycles. The molecular weight excluding hydrogens is 460 g/mol. The largest absolute Gasteiger partial charge is 0.354 e. The van der Waals surface area contributed by atoms with E-state index in [9.17, 15) is 4.79 Å². The molecule has 0 spiro atoms. The Labute approximate surface area is 215 Å². The summed E-state index contributed by atoms with van der Waals surface area (Å²) < 4.78 is 0. The third-order valence-corrected chi connectivity index (χ3v) is 9.02. The molecule has 4 atom stereocenters. The van der Waals surface area contributed by atoms with Crippen LogP contribution in [0, 0.1) is 17.8 Å². The Hall–Kier alpha value is -1.15. The highest BCUT2D eigenvalue weighted by molar-refractivity contribution is 8.76. The van der Waals surface area contributed by atoms with Crippen LogP contribution >= 0.6 is 21.6 Å². The van der Waals surface area contributed by atoms with E-state index in [1.807, 2.05) is 34.6 Å². The van der Waals surface area contributed by atoms with E-state index in [1.165, 1.54) is 0 Å². The van der Waals surface area contributed by atoms with Gasteiger partial charge in [0.2, 0.25) is 0 Å². The van der Waals surface area contributed by atoms with E-state index in [4.69, 9.17) is 0 Å². The number of hydrogen-bond donors (Lipinski definition) is 4. The molecule has 7 heteroatoms. The molecule has 0 aromatic carbocycles. The Kier molecular flexibility index (Phi) is 12.9. The SMILES string of the molecule is C=C1N/C(=C\C)C(=O)NC(C(C)C)C(=C)CC2/C=C/CCSSCC1NCC(C(C)C)NCC2. The van der Waals surface area contributed by atoms with Crippen molar-refractivity contribution >= 4 is 27.5 Å². The lowest BCUT2D eigenvalue weighted by Crippen LogP contribution is -2.49. The highest BCUT2D eigenvalue weighted by Gasteiger charge is 2.25. The number of allylic oxidation sites excluding steroid dienone is 3. The Bertz CT molecular complexity index is 747. The van der Waals surface area contributed by atoms with E-state index < -0.39 is 0 Å². The van der Waals surface area contributed by atoms with E-state index >= 15 is 0 Å². The van der Waals surface area contributed by atoms with Gasteiger partial charge >= 0.3 is 0 Å². The van der Waals surface area contributed by atoms with E-state index in [0.29, 0.717) is 23.6 Å². The van der Waals surface area contributed by atoms with Crippen molar-refractivity contribution in [1.82, 2.24) is 21.3 Å². The van der Waals surface area contributed by atoms with Gasteiger partial charge in [-0.1, -0.05) is 86.2 Å². The van der Waals surface area contributed by atoms with Crippen LogP contribution in [-0.4, -0.2) is 48.6 Å². The molecule has 4 unspecified atom stereocenters.